The van der Waals surface area contributed by atoms with Crippen LogP contribution in [0.4, 0.5) is 10.5 Å². The monoisotopic (exact) mass is 560 g/mol. The number of pyridine rings is 1. The van der Waals surface area contributed by atoms with Crippen molar-refractivity contribution in [1.82, 2.24) is 24.8 Å². The molecule has 204 valence electrons. The van der Waals surface area contributed by atoms with Crippen molar-refractivity contribution in [3.63, 3.8) is 0 Å². The summed E-state index contributed by atoms with van der Waals surface area (Å²) in [6.07, 6.45) is 5.06. The molecule has 13 heteroatoms. The van der Waals surface area contributed by atoms with Gasteiger partial charge in [-0.05, 0) is 56.0 Å². The van der Waals surface area contributed by atoms with Gasteiger partial charge >= 0.3 is 6.09 Å². The Balaban J connectivity index is 1.25. The topological polar surface area (TPSA) is 162 Å². The minimum Gasteiger partial charge on any atom is -0.410 e. The summed E-state index contributed by atoms with van der Waals surface area (Å²) >= 11 is 0. The molecule has 1 fully saturated rings. The van der Waals surface area contributed by atoms with Crippen LogP contribution in [0.1, 0.15) is 31.7 Å². The van der Waals surface area contributed by atoms with E-state index in [1.807, 2.05) is 10.6 Å². The van der Waals surface area contributed by atoms with Crippen molar-refractivity contribution >= 4 is 43.7 Å². The number of non-ortho nitro benzene ring substituents is 1. The van der Waals surface area contributed by atoms with E-state index in [9.17, 15) is 23.3 Å². The largest absolute Gasteiger partial charge is 0.412 e. The van der Waals surface area contributed by atoms with Gasteiger partial charge in [-0.1, -0.05) is 18.2 Å². The average Bonchev–Trinajstić information content (AvgIpc) is 3.59. The molecule has 0 saturated heterocycles. The normalized spacial score (nSPS) is 17.6. The SMILES string of the molecule is O=C(NC1CCC(n2c(S(=O)(=O)c3ccccc3)nc3cnc4[nH]ccc4c32)CC1)Oc1ccc([N+](=O)[O-])cc1. The Bertz CT molecular complexity index is 1820. The third-order valence-electron chi connectivity index (χ3n) is 7.14. The third-order valence-corrected chi connectivity index (χ3v) is 8.80. The van der Waals surface area contributed by atoms with Crippen LogP contribution in [-0.2, 0) is 9.84 Å². The number of rotatable bonds is 6. The predicted molar refractivity (Wildman–Crippen MR) is 145 cm³/mol. The van der Waals surface area contributed by atoms with Crippen molar-refractivity contribution < 1.29 is 22.9 Å². The van der Waals surface area contributed by atoms with E-state index in [1.165, 1.54) is 24.3 Å². The van der Waals surface area contributed by atoms with Crippen molar-refractivity contribution in [3.05, 3.63) is 83.2 Å². The lowest BCUT2D eigenvalue weighted by Crippen LogP contribution is -2.39. The first-order chi connectivity index (χ1) is 19.3. The minimum atomic E-state index is -3.93. The fourth-order valence-electron chi connectivity index (χ4n) is 5.22. The van der Waals surface area contributed by atoms with Gasteiger partial charge in [0, 0.05) is 35.8 Å². The Morgan fingerprint density at radius 2 is 1.77 bits per heavy atom. The van der Waals surface area contributed by atoms with Gasteiger partial charge in [-0.3, -0.25) is 10.1 Å². The lowest BCUT2D eigenvalue weighted by Gasteiger charge is -2.31. The number of amides is 1. The Labute approximate surface area is 228 Å². The molecule has 1 amide bonds. The van der Waals surface area contributed by atoms with E-state index in [1.54, 1.807) is 42.7 Å². The van der Waals surface area contributed by atoms with E-state index in [0.29, 0.717) is 42.4 Å². The molecule has 0 radical (unpaired) electrons. The van der Waals surface area contributed by atoms with Crippen LogP contribution in [0.2, 0.25) is 0 Å². The number of carbonyl (C=O) groups is 1. The van der Waals surface area contributed by atoms with Gasteiger partial charge in [-0.15, -0.1) is 0 Å². The van der Waals surface area contributed by atoms with Gasteiger partial charge < -0.3 is 19.6 Å². The van der Waals surface area contributed by atoms with Gasteiger partial charge in [-0.2, -0.15) is 0 Å². The Morgan fingerprint density at radius 3 is 2.48 bits per heavy atom. The number of nitro groups is 1. The van der Waals surface area contributed by atoms with Gasteiger partial charge in [-0.25, -0.2) is 23.2 Å². The summed E-state index contributed by atoms with van der Waals surface area (Å²) in [6.45, 7) is 0. The molecular weight excluding hydrogens is 536 g/mol. The summed E-state index contributed by atoms with van der Waals surface area (Å²) < 4.78 is 34.6. The Morgan fingerprint density at radius 1 is 1.05 bits per heavy atom. The van der Waals surface area contributed by atoms with Crippen LogP contribution in [0.25, 0.3) is 22.1 Å². The first kappa shape index (κ1) is 25.5. The number of ether oxygens (including phenoxy) is 1. The summed E-state index contributed by atoms with van der Waals surface area (Å²) in [5.41, 5.74) is 1.74. The molecule has 1 aliphatic rings. The van der Waals surface area contributed by atoms with Crippen LogP contribution in [0, 0.1) is 10.1 Å². The highest BCUT2D eigenvalue weighted by Gasteiger charge is 2.33. The molecule has 1 saturated carbocycles. The molecule has 12 nitrogen and oxygen atoms in total. The minimum absolute atomic E-state index is 0.0295. The Kier molecular flexibility index (Phi) is 6.42. The van der Waals surface area contributed by atoms with E-state index in [4.69, 9.17) is 4.74 Å². The van der Waals surface area contributed by atoms with Crippen LogP contribution in [0.5, 0.6) is 5.75 Å². The van der Waals surface area contributed by atoms with E-state index in [0.717, 1.165) is 5.39 Å². The number of H-pyrrole nitrogens is 1. The number of nitro benzene ring substituents is 1. The zero-order chi connectivity index (χ0) is 27.9. The number of benzene rings is 2. The van der Waals surface area contributed by atoms with Crippen LogP contribution in [0.3, 0.4) is 0 Å². The van der Waals surface area contributed by atoms with Crippen molar-refractivity contribution in [2.24, 2.45) is 0 Å². The van der Waals surface area contributed by atoms with Crippen molar-refractivity contribution in [2.45, 2.75) is 47.8 Å². The second-order valence-corrected chi connectivity index (χ2v) is 11.4. The summed E-state index contributed by atoms with van der Waals surface area (Å²) in [7, 11) is -3.93. The third kappa shape index (κ3) is 4.64. The van der Waals surface area contributed by atoms with Crippen LogP contribution >= 0.6 is 0 Å². The van der Waals surface area contributed by atoms with Gasteiger partial charge in [0.25, 0.3) is 5.69 Å². The number of aromatic nitrogens is 4. The second-order valence-electron chi connectivity index (χ2n) is 9.60. The number of nitrogens with one attached hydrogen (secondary N) is 2. The van der Waals surface area contributed by atoms with Crippen molar-refractivity contribution in [3.8, 4) is 5.75 Å². The molecule has 0 unspecified atom stereocenters. The smallest absolute Gasteiger partial charge is 0.410 e. The fourth-order valence-corrected chi connectivity index (χ4v) is 6.67. The molecular formula is C27H24N6O6S. The fraction of sp³-hybridized carbons (Fsp3) is 0.222. The van der Waals surface area contributed by atoms with E-state index in [2.05, 4.69) is 20.3 Å². The first-order valence-corrected chi connectivity index (χ1v) is 14.2. The number of sulfone groups is 1. The number of nitrogens with zero attached hydrogens (tertiary/aromatic N) is 4. The highest BCUT2D eigenvalue weighted by molar-refractivity contribution is 7.91. The number of fused-ring (bicyclic) bond motifs is 3. The molecule has 6 rings (SSSR count). The summed E-state index contributed by atoms with van der Waals surface area (Å²) in [5.74, 6) is 0.196. The molecule has 3 aromatic heterocycles. The van der Waals surface area contributed by atoms with E-state index >= 15 is 0 Å². The number of imidazole rings is 1. The maximum absolute atomic E-state index is 13.8. The maximum atomic E-state index is 13.8. The van der Waals surface area contributed by atoms with E-state index < -0.39 is 20.9 Å². The number of hydrogen-bond donors (Lipinski definition) is 2. The standard InChI is InChI=1S/C27H24N6O6S/c34-27(39-20-12-10-19(11-13-20)33(35)36)30-17-6-8-18(9-7-17)32-24-22-14-15-28-25(22)29-16-23(24)31-26(32)40(37,38)21-4-2-1-3-5-21/h1-5,10-18H,6-9H2,(H,28,29)(H,30,34). The van der Waals surface area contributed by atoms with Crippen molar-refractivity contribution in [2.75, 3.05) is 0 Å². The lowest BCUT2D eigenvalue weighted by atomic mass is 9.91. The molecule has 0 atom stereocenters. The molecule has 0 bridgehead atoms. The number of hydrogen-bond acceptors (Lipinski definition) is 8. The zero-order valence-corrected chi connectivity index (χ0v) is 21.9. The highest BCUT2D eigenvalue weighted by Crippen LogP contribution is 2.37. The average molecular weight is 561 g/mol. The van der Waals surface area contributed by atoms with Gasteiger partial charge in [0.15, 0.2) is 0 Å². The first-order valence-electron chi connectivity index (χ1n) is 12.7. The molecule has 3 heterocycles. The highest BCUT2D eigenvalue weighted by atomic mass is 32.2. The molecule has 2 aromatic carbocycles. The van der Waals surface area contributed by atoms with Crippen molar-refractivity contribution in [1.29, 1.82) is 0 Å². The summed E-state index contributed by atoms with van der Waals surface area (Å²) in [4.78, 5) is 35.0. The molecule has 1 aliphatic carbocycles. The summed E-state index contributed by atoms with van der Waals surface area (Å²) in [6, 6.07) is 15.0. The van der Waals surface area contributed by atoms with Crippen LogP contribution in [0.15, 0.2) is 83.1 Å². The predicted octanol–water partition coefficient (Wildman–Crippen LogP) is 4.93. The quantitative estimate of drug-likeness (QED) is 0.218. The summed E-state index contributed by atoms with van der Waals surface area (Å²) in [5, 5.41) is 14.4. The molecule has 40 heavy (non-hydrogen) atoms. The zero-order valence-electron chi connectivity index (χ0n) is 21.1. The molecule has 5 aromatic rings. The van der Waals surface area contributed by atoms with Crippen LogP contribution < -0.4 is 10.1 Å². The maximum Gasteiger partial charge on any atom is 0.412 e. The van der Waals surface area contributed by atoms with Gasteiger partial charge in [0.1, 0.15) is 16.9 Å². The number of carbonyl (C=O) groups excluding carboxylic acids is 1. The molecule has 2 N–H and O–H groups in total. The number of aromatic amines is 1. The molecule has 0 aliphatic heterocycles. The van der Waals surface area contributed by atoms with Crippen LogP contribution in [-0.4, -0.2) is 45.0 Å². The van der Waals surface area contributed by atoms with E-state index in [-0.39, 0.29) is 33.6 Å². The Hall–Kier alpha value is -4.78. The van der Waals surface area contributed by atoms with Gasteiger partial charge in [0.05, 0.1) is 21.5 Å². The van der Waals surface area contributed by atoms with Gasteiger partial charge in [0.2, 0.25) is 15.0 Å². The second kappa shape index (κ2) is 10.1. The lowest BCUT2D eigenvalue weighted by molar-refractivity contribution is -0.384. The molecule has 0 spiro atoms.